The normalized spacial score (nSPS) is 37.7. The number of carbonyl (C=O) groups is 1. The number of rotatable bonds is 1. The van der Waals surface area contributed by atoms with Crippen LogP contribution < -0.4 is 5.32 Å². The summed E-state index contributed by atoms with van der Waals surface area (Å²) < 4.78 is 0. The predicted octanol–water partition coefficient (Wildman–Crippen LogP) is 1.24. The van der Waals surface area contributed by atoms with Crippen molar-refractivity contribution >= 4 is 23.4 Å². The number of nitrogens with zero attached hydrogens (tertiary/aromatic N) is 1. The van der Waals surface area contributed by atoms with Crippen LogP contribution in [0.1, 0.15) is 26.2 Å². The average molecular weight is 228 g/mol. The van der Waals surface area contributed by atoms with Gasteiger partial charge in [-0.2, -0.15) is 11.8 Å². The zero-order chi connectivity index (χ0) is 10.8. The van der Waals surface area contributed by atoms with E-state index in [1.807, 2.05) is 11.8 Å². The minimum absolute atomic E-state index is 0.00911. The lowest BCUT2D eigenvalue weighted by Crippen LogP contribution is -2.46. The number of nitrogens with one attached hydrogen (secondary N) is 1. The summed E-state index contributed by atoms with van der Waals surface area (Å²) in [5, 5.41) is 15.8. The zero-order valence-electron chi connectivity index (χ0n) is 8.77. The van der Waals surface area contributed by atoms with Gasteiger partial charge in [0.15, 0.2) is 0 Å². The van der Waals surface area contributed by atoms with Gasteiger partial charge in [0, 0.05) is 29.9 Å². The van der Waals surface area contributed by atoms with E-state index in [4.69, 9.17) is 5.21 Å². The molecule has 0 aromatic heterocycles. The third kappa shape index (κ3) is 2.12. The highest BCUT2D eigenvalue weighted by molar-refractivity contribution is 8.01. The van der Waals surface area contributed by atoms with Gasteiger partial charge in [0.05, 0.1) is 5.71 Å². The molecule has 0 aromatic rings. The molecule has 1 saturated heterocycles. The molecule has 2 fully saturated rings. The minimum atomic E-state index is 0.00911. The Kier molecular flexibility index (Phi) is 3.19. The fraction of sp³-hybridized carbons (Fsp3) is 0.800. The van der Waals surface area contributed by atoms with Crippen LogP contribution in [0.15, 0.2) is 5.16 Å². The summed E-state index contributed by atoms with van der Waals surface area (Å²) in [7, 11) is 0. The van der Waals surface area contributed by atoms with Gasteiger partial charge in [-0.05, 0) is 12.8 Å². The lowest BCUT2D eigenvalue weighted by molar-refractivity contribution is -0.120. The van der Waals surface area contributed by atoms with Gasteiger partial charge in [0.1, 0.15) is 0 Å². The Hall–Kier alpha value is -0.710. The first-order valence-electron chi connectivity index (χ1n) is 5.32. The first kappa shape index (κ1) is 10.8. The summed E-state index contributed by atoms with van der Waals surface area (Å²) in [6.45, 7) is 1.54. The highest BCUT2D eigenvalue weighted by Crippen LogP contribution is 2.40. The van der Waals surface area contributed by atoms with Crippen molar-refractivity contribution in [1.29, 1.82) is 0 Å². The summed E-state index contributed by atoms with van der Waals surface area (Å²) in [6, 6.07) is 0.169. The Morgan fingerprint density at radius 2 is 2.40 bits per heavy atom. The molecule has 0 aromatic carbocycles. The van der Waals surface area contributed by atoms with Crippen LogP contribution in [0.5, 0.6) is 0 Å². The van der Waals surface area contributed by atoms with E-state index in [9.17, 15) is 4.79 Å². The summed E-state index contributed by atoms with van der Waals surface area (Å²) >= 11 is 1.85. The lowest BCUT2D eigenvalue weighted by atomic mass is 9.81. The van der Waals surface area contributed by atoms with Crippen LogP contribution in [0.3, 0.4) is 0 Å². The van der Waals surface area contributed by atoms with Gasteiger partial charge in [0.2, 0.25) is 5.91 Å². The van der Waals surface area contributed by atoms with Crippen molar-refractivity contribution < 1.29 is 10.0 Å². The molecule has 1 amide bonds. The van der Waals surface area contributed by atoms with E-state index in [1.54, 1.807) is 6.92 Å². The molecule has 2 rings (SSSR count). The first-order chi connectivity index (χ1) is 7.22. The van der Waals surface area contributed by atoms with Crippen molar-refractivity contribution in [3.63, 3.8) is 0 Å². The SMILES string of the molecule is CC(=O)NC1CCCC2SCC(=NO)C12. The lowest BCUT2D eigenvalue weighted by Gasteiger charge is -2.33. The van der Waals surface area contributed by atoms with Crippen molar-refractivity contribution in [2.75, 3.05) is 5.75 Å². The number of fused-ring (bicyclic) bond motifs is 1. The molecule has 4 nitrogen and oxygen atoms in total. The maximum absolute atomic E-state index is 11.1. The van der Waals surface area contributed by atoms with Gasteiger partial charge in [-0.3, -0.25) is 4.79 Å². The third-order valence-corrected chi connectivity index (χ3v) is 4.60. The standard InChI is InChI=1S/C10H16N2O2S/c1-6(13)11-7-3-2-4-9-10(7)8(12-14)5-15-9/h7,9-10,14H,2-5H2,1H3,(H,11,13). The smallest absolute Gasteiger partial charge is 0.217 e. The fourth-order valence-electron chi connectivity index (χ4n) is 2.60. The fourth-order valence-corrected chi connectivity index (χ4v) is 4.12. The molecule has 0 bridgehead atoms. The summed E-state index contributed by atoms with van der Waals surface area (Å²) in [4.78, 5) is 11.1. The second-order valence-electron chi connectivity index (χ2n) is 4.20. The van der Waals surface area contributed by atoms with Crippen molar-refractivity contribution in [2.45, 2.75) is 37.5 Å². The Balaban J connectivity index is 2.13. The molecular weight excluding hydrogens is 212 g/mol. The monoisotopic (exact) mass is 228 g/mol. The quantitative estimate of drug-likeness (QED) is 0.524. The molecule has 3 unspecified atom stereocenters. The Morgan fingerprint density at radius 1 is 1.60 bits per heavy atom. The molecule has 5 heteroatoms. The molecule has 1 aliphatic heterocycles. The largest absolute Gasteiger partial charge is 0.411 e. The van der Waals surface area contributed by atoms with E-state index < -0.39 is 0 Å². The Labute approximate surface area is 93.5 Å². The Morgan fingerprint density at radius 3 is 3.07 bits per heavy atom. The van der Waals surface area contributed by atoms with E-state index in [-0.39, 0.29) is 17.9 Å². The molecule has 2 N–H and O–H groups in total. The molecule has 1 aliphatic carbocycles. The van der Waals surface area contributed by atoms with Gasteiger partial charge in [-0.25, -0.2) is 0 Å². The van der Waals surface area contributed by atoms with Crippen molar-refractivity contribution in [1.82, 2.24) is 5.32 Å². The van der Waals surface area contributed by atoms with E-state index in [0.29, 0.717) is 5.25 Å². The van der Waals surface area contributed by atoms with Crippen LogP contribution >= 0.6 is 11.8 Å². The molecule has 2 aliphatic rings. The number of amides is 1. The maximum atomic E-state index is 11.1. The van der Waals surface area contributed by atoms with Crippen molar-refractivity contribution in [2.24, 2.45) is 11.1 Å². The summed E-state index contributed by atoms with van der Waals surface area (Å²) in [5.41, 5.74) is 0.850. The van der Waals surface area contributed by atoms with Crippen molar-refractivity contribution in [3.05, 3.63) is 0 Å². The van der Waals surface area contributed by atoms with Gasteiger partial charge < -0.3 is 10.5 Å². The highest BCUT2D eigenvalue weighted by atomic mass is 32.2. The number of hydrogen-bond acceptors (Lipinski definition) is 4. The number of carbonyl (C=O) groups excluding carboxylic acids is 1. The molecule has 1 saturated carbocycles. The van der Waals surface area contributed by atoms with E-state index in [2.05, 4.69) is 10.5 Å². The van der Waals surface area contributed by atoms with Gasteiger partial charge in [-0.15, -0.1) is 0 Å². The van der Waals surface area contributed by atoms with Crippen LogP contribution in [-0.4, -0.2) is 33.9 Å². The highest BCUT2D eigenvalue weighted by Gasteiger charge is 2.42. The zero-order valence-corrected chi connectivity index (χ0v) is 9.59. The van der Waals surface area contributed by atoms with E-state index in [1.165, 1.54) is 6.42 Å². The molecular formula is C10H16N2O2S. The molecule has 3 atom stereocenters. The minimum Gasteiger partial charge on any atom is -0.411 e. The first-order valence-corrected chi connectivity index (χ1v) is 6.36. The van der Waals surface area contributed by atoms with E-state index >= 15 is 0 Å². The van der Waals surface area contributed by atoms with Gasteiger partial charge >= 0.3 is 0 Å². The molecule has 84 valence electrons. The van der Waals surface area contributed by atoms with Crippen LogP contribution in [0.4, 0.5) is 0 Å². The number of hydrogen-bond donors (Lipinski definition) is 2. The van der Waals surface area contributed by atoms with Gasteiger partial charge in [0.25, 0.3) is 0 Å². The molecule has 0 spiro atoms. The maximum Gasteiger partial charge on any atom is 0.217 e. The number of oxime groups is 1. The van der Waals surface area contributed by atoms with Crippen LogP contribution in [0.2, 0.25) is 0 Å². The third-order valence-electron chi connectivity index (χ3n) is 3.18. The molecule has 15 heavy (non-hydrogen) atoms. The second-order valence-corrected chi connectivity index (χ2v) is 5.43. The molecule has 1 heterocycles. The Bertz CT molecular complexity index is 293. The van der Waals surface area contributed by atoms with Crippen LogP contribution in [0.25, 0.3) is 0 Å². The van der Waals surface area contributed by atoms with Gasteiger partial charge in [-0.1, -0.05) is 11.6 Å². The van der Waals surface area contributed by atoms with Crippen molar-refractivity contribution in [3.8, 4) is 0 Å². The van der Waals surface area contributed by atoms with Crippen LogP contribution in [0, 0.1) is 5.92 Å². The topological polar surface area (TPSA) is 61.7 Å². The van der Waals surface area contributed by atoms with Crippen LogP contribution in [-0.2, 0) is 4.79 Å². The number of thioether (sulfide) groups is 1. The van der Waals surface area contributed by atoms with E-state index in [0.717, 1.165) is 24.3 Å². The predicted molar refractivity (Wildman–Crippen MR) is 60.4 cm³/mol. The average Bonchev–Trinajstić information content (AvgIpc) is 2.61. The second kappa shape index (κ2) is 4.43. The molecule has 0 radical (unpaired) electrons. The summed E-state index contributed by atoms with van der Waals surface area (Å²) in [5.74, 6) is 1.06. The summed E-state index contributed by atoms with van der Waals surface area (Å²) in [6.07, 6.45) is 3.32.